The Hall–Kier alpha value is -3.12. The van der Waals surface area contributed by atoms with Crippen molar-refractivity contribution in [2.75, 3.05) is 6.61 Å². The molecule has 2 aromatic heterocycles. The molecule has 0 bridgehead atoms. The largest absolute Gasteiger partial charge is 0.486 e. The lowest BCUT2D eigenvalue weighted by Gasteiger charge is -2.26. The van der Waals surface area contributed by atoms with Crippen LogP contribution in [-0.4, -0.2) is 22.3 Å². The van der Waals surface area contributed by atoms with Gasteiger partial charge in [-0.25, -0.2) is 4.98 Å². The SMILES string of the molecule is Cc1ccc(-c2csc3ncn(CC4COc5ccccc5O4)c(=O)c23)cc1. The fourth-order valence-electron chi connectivity index (χ4n) is 3.42. The van der Waals surface area contributed by atoms with E-state index in [1.165, 1.54) is 16.9 Å². The molecule has 1 atom stereocenters. The van der Waals surface area contributed by atoms with E-state index < -0.39 is 0 Å². The number of aromatic nitrogens is 2. The lowest BCUT2D eigenvalue weighted by molar-refractivity contribution is 0.0777. The summed E-state index contributed by atoms with van der Waals surface area (Å²) >= 11 is 1.49. The van der Waals surface area contributed by atoms with Crippen molar-refractivity contribution in [2.24, 2.45) is 0 Å². The average molecular weight is 390 g/mol. The van der Waals surface area contributed by atoms with Crippen molar-refractivity contribution in [1.82, 2.24) is 9.55 Å². The molecule has 5 nitrogen and oxygen atoms in total. The van der Waals surface area contributed by atoms with E-state index in [1.54, 1.807) is 10.9 Å². The number of thiophene rings is 1. The second kappa shape index (κ2) is 6.80. The van der Waals surface area contributed by atoms with E-state index in [4.69, 9.17) is 9.47 Å². The van der Waals surface area contributed by atoms with Crippen molar-refractivity contribution in [1.29, 1.82) is 0 Å². The van der Waals surface area contributed by atoms with Gasteiger partial charge in [0.15, 0.2) is 17.6 Å². The topological polar surface area (TPSA) is 53.4 Å². The Morgan fingerprint density at radius 2 is 1.93 bits per heavy atom. The van der Waals surface area contributed by atoms with Gasteiger partial charge in [-0.3, -0.25) is 9.36 Å². The smallest absolute Gasteiger partial charge is 0.262 e. The lowest BCUT2D eigenvalue weighted by Crippen LogP contribution is -2.36. The molecule has 5 rings (SSSR count). The van der Waals surface area contributed by atoms with Gasteiger partial charge in [0.25, 0.3) is 5.56 Å². The maximum Gasteiger partial charge on any atom is 0.262 e. The van der Waals surface area contributed by atoms with Gasteiger partial charge in [-0.05, 0) is 24.6 Å². The van der Waals surface area contributed by atoms with Crippen LogP contribution in [0.5, 0.6) is 11.5 Å². The Balaban J connectivity index is 1.49. The third kappa shape index (κ3) is 2.96. The van der Waals surface area contributed by atoms with Crippen LogP contribution in [0.4, 0.5) is 0 Å². The van der Waals surface area contributed by atoms with Gasteiger partial charge in [0.1, 0.15) is 11.4 Å². The highest BCUT2D eigenvalue weighted by molar-refractivity contribution is 7.17. The van der Waals surface area contributed by atoms with Crippen molar-refractivity contribution in [2.45, 2.75) is 19.6 Å². The summed E-state index contributed by atoms with van der Waals surface area (Å²) in [5.41, 5.74) is 3.09. The van der Waals surface area contributed by atoms with Gasteiger partial charge in [0, 0.05) is 10.9 Å². The van der Waals surface area contributed by atoms with Gasteiger partial charge >= 0.3 is 0 Å². The molecule has 2 aromatic carbocycles. The number of benzene rings is 2. The van der Waals surface area contributed by atoms with E-state index in [0.29, 0.717) is 24.3 Å². The van der Waals surface area contributed by atoms with E-state index in [-0.39, 0.29) is 11.7 Å². The summed E-state index contributed by atoms with van der Waals surface area (Å²) in [5.74, 6) is 1.44. The van der Waals surface area contributed by atoms with Gasteiger partial charge in [0.2, 0.25) is 0 Å². The van der Waals surface area contributed by atoms with E-state index in [9.17, 15) is 4.79 Å². The van der Waals surface area contributed by atoms with Crippen LogP contribution in [0.3, 0.4) is 0 Å². The first kappa shape index (κ1) is 17.0. The van der Waals surface area contributed by atoms with Crippen molar-refractivity contribution >= 4 is 21.6 Å². The highest BCUT2D eigenvalue weighted by atomic mass is 32.1. The molecule has 0 radical (unpaired) electrons. The molecule has 3 heterocycles. The molecule has 0 saturated carbocycles. The highest BCUT2D eigenvalue weighted by Gasteiger charge is 2.22. The Labute approximate surface area is 165 Å². The van der Waals surface area contributed by atoms with Crippen molar-refractivity contribution in [3.05, 3.63) is 76.2 Å². The molecule has 1 aliphatic rings. The van der Waals surface area contributed by atoms with Crippen LogP contribution < -0.4 is 15.0 Å². The molecule has 0 saturated heterocycles. The van der Waals surface area contributed by atoms with Crippen molar-refractivity contribution in [3.63, 3.8) is 0 Å². The van der Waals surface area contributed by atoms with E-state index in [2.05, 4.69) is 24.0 Å². The maximum absolute atomic E-state index is 13.2. The van der Waals surface area contributed by atoms with Gasteiger partial charge in [0.05, 0.1) is 18.3 Å². The summed E-state index contributed by atoms with van der Waals surface area (Å²) in [6.07, 6.45) is 1.36. The number of aryl methyl sites for hydroxylation is 1. The highest BCUT2D eigenvalue weighted by Crippen LogP contribution is 2.32. The van der Waals surface area contributed by atoms with Crippen LogP contribution in [0, 0.1) is 6.92 Å². The summed E-state index contributed by atoms with van der Waals surface area (Å²) in [7, 11) is 0. The quantitative estimate of drug-likeness (QED) is 0.524. The Morgan fingerprint density at radius 3 is 2.75 bits per heavy atom. The number of para-hydroxylation sites is 2. The molecular formula is C22H18N2O3S. The van der Waals surface area contributed by atoms with E-state index in [1.807, 2.05) is 41.8 Å². The average Bonchev–Trinajstić information content (AvgIpc) is 3.15. The molecule has 28 heavy (non-hydrogen) atoms. The van der Waals surface area contributed by atoms with Crippen LogP contribution in [0.25, 0.3) is 21.3 Å². The fraction of sp³-hybridized carbons (Fsp3) is 0.182. The maximum atomic E-state index is 13.2. The molecule has 0 fully saturated rings. The molecule has 6 heteroatoms. The first-order chi connectivity index (χ1) is 13.7. The van der Waals surface area contributed by atoms with Gasteiger partial charge in [-0.2, -0.15) is 0 Å². The third-order valence-electron chi connectivity index (χ3n) is 4.89. The minimum atomic E-state index is -0.242. The monoisotopic (exact) mass is 390 g/mol. The Bertz CT molecular complexity index is 1210. The number of rotatable bonds is 3. The first-order valence-electron chi connectivity index (χ1n) is 9.11. The second-order valence-corrected chi connectivity index (χ2v) is 7.75. The molecule has 0 amide bonds. The van der Waals surface area contributed by atoms with E-state index >= 15 is 0 Å². The molecule has 1 unspecified atom stereocenters. The van der Waals surface area contributed by atoms with Crippen LogP contribution in [0.15, 0.2) is 65.0 Å². The zero-order valence-corrected chi connectivity index (χ0v) is 16.1. The number of hydrogen-bond acceptors (Lipinski definition) is 5. The number of fused-ring (bicyclic) bond motifs is 2. The zero-order chi connectivity index (χ0) is 19.1. The summed E-state index contributed by atoms with van der Waals surface area (Å²) < 4.78 is 13.4. The zero-order valence-electron chi connectivity index (χ0n) is 15.3. The Kier molecular flexibility index (Phi) is 4.13. The third-order valence-corrected chi connectivity index (χ3v) is 5.78. The van der Waals surface area contributed by atoms with Gasteiger partial charge in [-0.15, -0.1) is 11.3 Å². The molecule has 0 spiro atoms. The molecule has 140 valence electrons. The van der Waals surface area contributed by atoms with Crippen molar-refractivity contribution in [3.8, 4) is 22.6 Å². The van der Waals surface area contributed by atoms with Crippen LogP contribution in [0.2, 0.25) is 0 Å². The predicted molar refractivity (Wildman–Crippen MR) is 110 cm³/mol. The Morgan fingerprint density at radius 1 is 1.14 bits per heavy atom. The van der Waals surface area contributed by atoms with Crippen LogP contribution in [0.1, 0.15) is 5.56 Å². The molecule has 0 N–H and O–H groups in total. The van der Waals surface area contributed by atoms with Gasteiger partial charge < -0.3 is 9.47 Å². The minimum absolute atomic E-state index is 0.0516. The van der Waals surface area contributed by atoms with Crippen molar-refractivity contribution < 1.29 is 9.47 Å². The lowest BCUT2D eigenvalue weighted by atomic mass is 10.1. The van der Waals surface area contributed by atoms with Gasteiger partial charge in [-0.1, -0.05) is 42.0 Å². The second-order valence-electron chi connectivity index (χ2n) is 6.90. The van der Waals surface area contributed by atoms with Crippen LogP contribution >= 0.6 is 11.3 Å². The fourth-order valence-corrected chi connectivity index (χ4v) is 4.32. The summed E-state index contributed by atoms with van der Waals surface area (Å²) in [4.78, 5) is 18.5. The summed E-state index contributed by atoms with van der Waals surface area (Å²) in [6, 6.07) is 15.8. The number of nitrogens with zero attached hydrogens (tertiary/aromatic N) is 2. The molecule has 4 aromatic rings. The molecular weight excluding hydrogens is 372 g/mol. The summed E-state index contributed by atoms with van der Waals surface area (Å²) in [5, 5.41) is 2.67. The standard InChI is InChI=1S/C22H18N2O3S/c1-14-6-8-15(9-7-14)17-12-28-21-20(17)22(25)24(13-23-21)10-16-11-26-18-4-2-3-5-19(18)27-16/h2-9,12-13,16H,10-11H2,1H3. The first-order valence-corrected chi connectivity index (χ1v) is 9.99. The predicted octanol–water partition coefficient (Wildman–Crippen LogP) is 4.27. The number of hydrogen-bond donors (Lipinski definition) is 0. The minimum Gasteiger partial charge on any atom is -0.486 e. The molecule has 0 aliphatic carbocycles. The number of ether oxygens (including phenoxy) is 2. The van der Waals surface area contributed by atoms with E-state index in [0.717, 1.165) is 21.7 Å². The molecule has 1 aliphatic heterocycles. The summed E-state index contributed by atoms with van der Waals surface area (Å²) in [6.45, 7) is 2.84. The van der Waals surface area contributed by atoms with Crippen LogP contribution in [-0.2, 0) is 6.54 Å². The normalized spacial score (nSPS) is 15.7.